The van der Waals surface area contributed by atoms with E-state index in [2.05, 4.69) is 20.8 Å². The molecule has 0 bridgehead atoms. The number of hydrogen-bond donors (Lipinski definition) is 0. The van der Waals surface area contributed by atoms with Gasteiger partial charge in [-0.05, 0) is 62.1 Å². The quantitative estimate of drug-likeness (QED) is 0.680. The van der Waals surface area contributed by atoms with Crippen LogP contribution < -0.4 is 5.43 Å². The zero-order valence-corrected chi connectivity index (χ0v) is 20.9. The second-order valence-corrected chi connectivity index (χ2v) is 12.0. The summed E-state index contributed by atoms with van der Waals surface area (Å²) in [4.78, 5) is 28.7. The van der Waals surface area contributed by atoms with Crippen LogP contribution in [0, 0.1) is 17.8 Å². The van der Waals surface area contributed by atoms with Crippen molar-refractivity contribution in [1.29, 1.82) is 0 Å². The van der Waals surface area contributed by atoms with Crippen molar-refractivity contribution < 1.29 is 13.2 Å². The van der Waals surface area contributed by atoms with E-state index in [-0.39, 0.29) is 21.8 Å². The number of carbonyl (C=O) groups excluding carboxylic acids is 1. The molecule has 1 amide bonds. The minimum Gasteiger partial charge on any atom is -0.347 e. The maximum absolute atomic E-state index is 13.5. The van der Waals surface area contributed by atoms with Crippen LogP contribution in [-0.4, -0.2) is 54.3 Å². The van der Waals surface area contributed by atoms with Gasteiger partial charge in [0.15, 0.2) is 0 Å². The highest BCUT2D eigenvalue weighted by Crippen LogP contribution is 2.26. The fourth-order valence-electron chi connectivity index (χ4n) is 5.32. The molecule has 0 saturated carbocycles. The molecule has 0 N–H and O–H groups in total. The third kappa shape index (κ3) is 4.60. The van der Waals surface area contributed by atoms with Crippen molar-refractivity contribution in [3.8, 4) is 0 Å². The zero-order valence-electron chi connectivity index (χ0n) is 20.1. The second-order valence-electron chi connectivity index (χ2n) is 10.1. The second kappa shape index (κ2) is 9.22. The van der Waals surface area contributed by atoms with Gasteiger partial charge in [-0.2, -0.15) is 4.31 Å². The number of aromatic nitrogens is 1. The smallest absolute Gasteiger partial charge is 0.259 e. The molecule has 4 rings (SSSR count). The number of amides is 1. The number of nitrogens with zero attached hydrogens (tertiary/aromatic N) is 3. The van der Waals surface area contributed by atoms with E-state index in [4.69, 9.17) is 0 Å². The highest BCUT2D eigenvalue weighted by Gasteiger charge is 2.30. The Morgan fingerprint density at radius 3 is 2.27 bits per heavy atom. The van der Waals surface area contributed by atoms with Crippen LogP contribution in [-0.2, 0) is 16.6 Å². The molecule has 0 unspecified atom stereocenters. The molecule has 2 aromatic rings. The van der Waals surface area contributed by atoms with E-state index in [0.717, 1.165) is 19.3 Å². The molecule has 2 saturated heterocycles. The first kappa shape index (κ1) is 24.0. The number of aryl methyl sites for hydroxylation is 1. The van der Waals surface area contributed by atoms with Crippen molar-refractivity contribution in [3.63, 3.8) is 0 Å². The third-order valence-electron chi connectivity index (χ3n) is 7.16. The van der Waals surface area contributed by atoms with E-state index in [1.807, 2.05) is 11.5 Å². The van der Waals surface area contributed by atoms with Crippen molar-refractivity contribution >= 4 is 26.8 Å². The van der Waals surface area contributed by atoms with Crippen molar-refractivity contribution in [1.82, 2.24) is 13.8 Å². The first-order valence-corrected chi connectivity index (χ1v) is 13.5. The van der Waals surface area contributed by atoms with Gasteiger partial charge in [0, 0.05) is 44.3 Å². The molecule has 1 aromatic heterocycles. The molecule has 2 atom stereocenters. The third-order valence-corrected chi connectivity index (χ3v) is 9.05. The normalized spacial score (nSPS) is 23.2. The number of fused-ring (bicyclic) bond motifs is 1. The Morgan fingerprint density at radius 1 is 1.03 bits per heavy atom. The Balaban J connectivity index is 1.77. The number of likely N-dealkylation sites (tertiary alicyclic amines) is 1. The summed E-state index contributed by atoms with van der Waals surface area (Å²) in [6, 6.07) is 4.74. The van der Waals surface area contributed by atoms with Gasteiger partial charge in [-0.25, -0.2) is 8.42 Å². The van der Waals surface area contributed by atoms with Crippen LogP contribution in [0.1, 0.15) is 57.3 Å². The van der Waals surface area contributed by atoms with Crippen LogP contribution in [0.15, 0.2) is 34.1 Å². The number of benzene rings is 1. The SMILES string of the molecule is CCn1cc(C(=O)N2C[C@H](C)C[C@H](C)C2)c(=O)c2cc(S(=O)(=O)N3CCC(C)CC3)ccc21. The fraction of sp³-hybridized carbons (Fsp3) is 0.600. The highest BCUT2D eigenvalue weighted by molar-refractivity contribution is 7.89. The number of sulfonamides is 1. The topological polar surface area (TPSA) is 79.7 Å². The van der Waals surface area contributed by atoms with Crippen molar-refractivity contribution in [2.45, 2.75) is 58.4 Å². The minimum absolute atomic E-state index is 0.118. The molecule has 0 spiro atoms. The standard InChI is InChI=1S/C25H35N3O4S/c1-5-26-16-22(25(30)27-14-18(3)12-19(4)15-27)24(29)21-13-20(6-7-23(21)26)33(31,32)28-10-8-17(2)9-11-28/h6-7,13,16-19H,5,8-12,14-15H2,1-4H3/t18-,19+. The Kier molecular flexibility index (Phi) is 6.69. The lowest BCUT2D eigenvalue weighted by molar-refractivity contribution is 0.0621. The van der Waals surface area contributed by atoms with Crippen molar-refractivity contribution in [2.24, 2.45) is 17.8 Å². The largest absolute Gasteiger partial charge is 0.347 e. The van der Waals surface area contributed by atoms with Crippen LogP contribution in [0.2, 0.25) is 0 Å². The van der Waals surface area contributed by atoms with Gasteiger partial charge in [-0.15, -0.1) is 0 Å². The van der Waals surface area contributed by atoms with Crippen LogP contribution in [0.3, 0.4) is 0 Å². The van der Waals surface area contributed by atoms with Gasteiger partial charge in [0.2, 0.25) is 15.5 Å². The first-order chi connectivity index (χ1) is 15.6. The van der Waals surface area contributed by atoms with Gasteiger partial charge < -0.3 is 9.47 Å². The zero-order chi connectivity index (χ0) is 23.9. The van der Waals surface area contributed by atoms with Crippen LogP contribution >= 0.6 is 0 Å². The Hall–Kier alpha value is -2.19. The molecule has 3 heterocycles. The van der Waals surface area contributed by atoms with Crippen molar-refractivity contribution in [3.05, 3.63) is 40.2 Å². The van der Waals surface area contributed by atoms with Gasteiger partial charge in [-0.1, -0.05) is 20.8 Å². The average Bonchev–Trinajstić information content (AvgIpc) is 2.78. The monoisotopic (exact) mass is 473 g/mol. The Labute approximate surface area is 196 Å². The van der Waals surface area contributed by atoms with E-state index in [0.29, 0.717) is 56.0 Å². The molecule has 1 aromatic carbocycles. The molecule has 2 fully saturated rings. The lowest BCUT2D eigenvalue weighted by atomic mass is 9.91. The number of piperidine rings is 2. The summed E-state index contributed by atoms with van der Waals surface area (Å²) in [5.74, 6) is 1.02. The van der Waals surface area contributed by atoms with E-state index in [1.54, 1.807) is 23.2 Å². The van der Waals surface area contributed by atoms with E-state index < -0.39 is 15.5 Å². The maximum Gasteiger partial charge on any atom is 0.259 e. The maximum atomic E-state index is 13.5. The van der Waals surface area contributed by atoms with Gasteiger partial charge in [0.1, 0.15) is 5.56 Å². The van der Waals surface area contributed by atoms with E-state index >= 15 is 0 Å². The predicted octanol–water partition coefficient (Wildman–Crippen LogP) is 3.56. The summed E-state index contributed by atoms with van der Waals surface area (Å²) >= 11 is 0. The summed E-state index contributed by atoms with van der Waals surface area (Å²) in [6.45, 7) is 11.1. The predicted molar refractivity (Wildman–Crippen MR) is 130 cm³/mol. The average molecular weight is 474 g/mol. The van der Waals surface area contributed by atoms with E-state index in [1.165, 1.54) is 10.4 Å². The summed E-state index contributed by atoms with van der Waals surface area (Å²) in [6.07, 6.45) is 4.37. The molecule has 7 nitrogen and oxygen atoms in total. The molecule has 8 heteroatoms. The number of rotatable bonds is 4. The minimum atomic E-state index is -3.69. The molecule has 2 aliphatic heterocycles. The summed E-state index contributed by atoms with van der Waals surface area (Å²) < 4.78 is 29.9. The Morgan fingerprint density at radius 2 is 1.67 bits per heavy atom. The molecule has 2 aliphatic rings. The van der Waals surface area contributed by atoms with Gasteiger partial charge in [0.25, 0.3) is 5.91 Å². The Bertz CT molecular complexity index is 1200. The lowest BCUT2D eigenvalue weighted by Gasteiger charge is -2.35. The number of hydrogen-bond acceptors (Lipinski definition) is 4. The number of pyridine rings is 1. The molecule has 33 heavy (non-hydrogen) atoms. The highest BCUT2D eigenvalue weighted by atomic mass is 32.2. The molecular weight excluding hydrogens is 438 g/mol. The van der Waals surface area contributed by atoms with Gasteiger partial charge >= 0.3 is 0 Å². The first-order valence-electron chi connectivity index (χ1n) is 12.1. The van der Waals surface area contributed by atoms with Crippen LogP contribution in [0.5, 0.6) is 0 Å². The summed E-state index contributed by atoms with van der Waals surface area (Å²) in [5.41, 5.74) is 0.368. The van der Waals surface area contributed by atoms with Gasteiger partial charge in [-0.3, -0.25) is 9.59 Å². The van der Waals surface area contributed by atoms with Gasteiger partial charge in [0.05, 0.1) is 10.4 Å². The summed E-state index contributed by atoms with van der Waals surface area (Å²) in [5, 5.41) is 0.284. The lowest BCUT2D eigenvalue weighted by Crippen LogP contribution is -2.44. The van der Waals surface area contributed by atoms with Crippen molar-refractivity contribution in [2.75, 3.05) is 26.2 Å². The molecule has 0 radical (unpaired) electrons. The molecular formula is C25H35N3O4S. The van der Waals surface area contributed by atoms with E-state index in [9.17, 15) is 18.0 Å². The molecule has 0 aliphatic carbocycles. The van der Waals surface area contributed by atoms with Crippen LogP contribution in [0.4, 0.5) is 0 Å². The number of carbonyl (C=O) groups is 1. The molecule has 180 valence electrons. The fourth-order valence-corrected chi connectivity index (χ4v) is 6.82. The summed E-state index contributed by atoms with van der Waals surface area (Å²) in [7, 11) is -3.69. The van der Waals surface area contributed by atoms with Crippen LogP contribution in [0.25, 0.3) is 10.9 Å².